The van der Waals surface area contributed by atoms with E-state index < -0.39 is 12.5 Å². The van der Waals surface area contributed by atoms with Crippen LogP contribution in [-0.4, -0.2) is 41.6 Å². The van der Waals surface area contributed by atoms with E-state index in [0.717, 1.165) is 4.90 Å². The summed E-state index contributed by atoms with van der Waals surface area (Å²) in [4.78, 5) is 23.5. The molecule has 1 aromatic carbocycles. The highest BCUT2D eigenvalue weighted by molar-refractivity contribution is 6.30. The van der Waals surface area contributed by atoms with Gasteiger partial charge in [0, 0.05) is 5.02 Å². The van der Waals surface area contributed by atoms with Crippen LogP contribution < -0.4 is 4.74 Å². The number of hydrogen-bond donors (Lipinski definition) is 1. The normalized spacial score (nSPS) is 9.60. The minimum absolute atomic E-state index is 0.0394. The van der Waals surface area contributed by atoms with Gasteiger partial charge < -0.3 is 14.7 Å². The Morgan fingerprint density at radius 3 is 2.80 bits per heavy atom. The number of hydrogen-bond acceptors (Lipinski definition) is 3. The third kappa shape index (κ3) is 5.63. The van der Waals surface area contributed by atoms with Crippen LogP contribution in [0, 0.1) is 12.3 Å². The van der Waals surface area contributed by atoms with E-state index in [1.54, 1.807) is 24.3 Å². The standard InChI is InChI=1S/C14H14ClNO4/c1-2-7-16(10-14(18)19)13(17)6-8-20-12-5-3-4-11(15)9-12/h1,3-5,9H,6-8,10H2,(H,18,19). The number of carboxylic acids is 1. The van der Waals surface area contributed by atoms with Crippen LogP contribution in [0.3, 0.4) is 0 Å². The summed E-state index contributed by atoms with van der Waals surface area (Å²) in [7, 11) is 0. The number of benzene rings is 1. The van der Waals surface area contributed by atoms with Gasteiger partial charge in [0.2, 0.25) is 5.91 Å². The van der Waals surface area contributed by atoms with Crippen LogP contribution >= 0.6 is 11.6 Å². The summed E-state index contributed by atoms with van der Waals surface area (Å²) < 4.78 is 5.36. The number of carbonyl (C=O) groups is 2. The maximum atomic E-state index is 11.8. The van der Waals surface area contributed by atoms with Crippen molar-refractivity contribution in [3.63, 3.8) is 0 Å². The lowest BCUT2D eigenvalue weighted by atomic mass is 10.3. The van der Waals surface area contributed by atoms with Crippen LogP contribution in [0.15, 0.2) is 24.3 Å². The highest BCUT2D eigenvalue weighted by Gasteiger charge is 2.15. The second-order valence-electron chi connectivity index (χ2n) is 3.90. The second kappa shape index (κ2) is 8.08. The Hall–Kier alpha value is -2.19. The molecule has 0 heterocycles. The summed E-state index contributed by atoms with van der Waals surface area (Å²) in [6.07, 6.45) is 5.14. The molecule has 0 aliphatic heterocycles. The van der Waals surface area contributed by atoms with Gasteiger partial charge in [0.25, 0.3) is 0 Å². The minimum atomic E-state index is -1.11. The lowest BCUT2D eigenvalue weighted by molar-refractivity contribution is -0.144. The van der Waals surface area contributed by atoms with Crippen LogP contribution in [0.25, 0.3) is 0 Å². The molecule has 0 unspecified atom stereocenters. The number of ether oxygens (including phenoxy) is 1. The molecular formula is C14H14ClNO4. The monoisotopic (exact) mass is 295 g/mol. The zero-order chi connectivity index (χ0) is 15.0. The number of rotatable bonds is 7. The smallest absolute Gasteiger partial charge is 0.323 e. The molecular weight excluding hydrogens is 282 g/mol. The van der Waals surface area contributed by atoms with Gasteiger partial charge >= 0.3 is 5.97 Å². The molecule has 1 N–H and O–H groups in total. The van der Waals surface area contributed by atoms with Gasteiger partial charge in [-0.25, -0.2) is 0 Å². The van der Waals surface area contributed by atoms with Crippen molar-refractivity contribution in [2.45, 2.75) is 6.42 Å². The molecule has 0 bridgehead atoms. The molecule has 1 aromatic rings. The third-order valence-electron chi connectivity index (χ3n) is 2.34. The molecule has 106 valence electrons. The van der Waals surface area contributed by atoms with E-state index >= 15 is 0 Å². The predicted molar refractivity (Wildman–Crippen MR) is 74.6 cm³/mol. The van der Waals surface area contributed by atoms with Gasteiger partial charge in [-0.15, -0.1) is 6.42 Å². The third-order valence-corrected chi connectivity index (χ3v) is 2.58. The SMILES string of the molecule is C#CCN(CC(=O)O)C(=O)CCOc1cccc(Cl)c1. The van der Waals surface area contributed by atoms with E-state index in [1.165, 1.54) is 0 Å². The molecule has 0 aliphatic rings. The molecule has 0 spiro atoms. The Kier molecular flexibility index (Phi) is 6.41. The molecule has 6 heteroatoms. The molecule has 1 rings (SSSR count). The fraction of sp³-hybridized carbons (Fsp3) is 0.286. The van der Waals surface area contributed by atoms with Gasteiger partial charge in [-0.1, -0.05) is 23.6 Å². The Labute approximate surface area is 122 Å². The van der Waals surface area contributed by atoms with E-state index in [9.17, 15) is 9.59 Å². The van der Waals surface area contributed by atoms with Gasteiger partial charge in [0.1, 0.15) is 12.3 Å². The highest BCUT2D eigenvalue weighted by atomic mass is 35.5. The van der Waals surface area contributed by atoms with Crippen molar-refractivity contribution in [2.75, 3.05) is 19.7 Å². The summed E-state index contributed by atoms with van der Waals surface area (Å²) in [5.74, 6) is 1.33. The van der Waals surface area contributed by atoms with Crippen molar-refractivity contribution in [2.24, 2.45) is 0 Å². The lowest BCUT2D eigenvalue weighted by Gasteiger charge is -2.17. The lowest BCUT2D eigenvalue weighted by Crippen LogP contribution is -2.36. The van der Waals surface area contributed by atoms with Gasteiger partial charge in [-0.2, -0.15) is 0 Å². The fourth-order valence-electron chi connectivity index (χ4n) is 1.48. The fourth-order valence-corrected chi connectivity index (χ4v) is 1.66. The van der Waals surface area contributed by atoms with Crippen molar-refractivity contribution in [3.8, 4) is 18.1 Å². The van der Waals surface area contributed by atoms with Crippen LogP contribution in [0.2, 0.25) is 5.02 Å². The predicted octanol–water partition coefficient (Wildman–Crippen LogP) is 1.66. The number of amides is 1. The Balaban J connectivity index is 2.45. The van der Waals surface area contributed by atoms with Crippen molar-refractivity contribution < 1.29 is 19.4 Å². The zero-order valence-electron chi connectivity index (χ0n) is 10.7. The number of halogens is 1. The molecule has 0 aliphatic carbocycles. The largest absolute Gasteiger partial charge is 0.493 e. The molecule has 0 saturated heterocycles. The molecule has 0 fully saturated rings. The van der Waals surface area contributed by atoms with E-state index in [0.29, 0.717) is 10.8 Å². The van der Waals surface area contributed by atoms with Gasteiger partial charge in [-0.3, -0.25) is 9.59 Å². The molecule has 1 amide bonds. The summed E-state index contributed by atoms with van der Waals surface area (Å²) in [5.41, 5.74) is 0. The Bertz CT molecular complexity index is 524. The summed E-state index contributed by atoms with van der Waals surface area (Å²) >= 11 is 5.79. The molecule has 0 atom stereocenters. The topological polar surface area (TPSA) is 66.8 Å². The van der Waals surface area contributed by atoms with Crippen molar-refractivity contribution in [1.29, 1.82) is 0 Å². The quantitative estimate of drug-likeness (QED) is 0.777. The first kappa shape index (κ1) is 15.9. The Morgan fingerprint density at radius 1 is 1.45 bits per heavy atom. The first-order valence-corrected chi connectivity index (χ1v) is 6.22. The first-order valence-electron chi connectivity index (χ1n) is 5.84. The molecule has 0 radical (unpaired) electrons. The summed E-state index contributed by atoms with van der Waals surface area (Å²) in [6.45, 7) is -0.331. The minimum Gasteiger partial charge on any atom is -0.493 e. The second-order valence-corrected chi connectivity index (χ2v) is 4.34. The van der Waals surface area contributed by atoms with E-state index in [1.807, 2.05) is 0 Å². The molecule has 20 heavy (non-hydrogen) atoms. The van der Waals surface area contributed by atoms with Crippen molar-refractivity contribution in [3.05, 3.63) is 29.3 Å². The maximum absolute atomic E-state index is 11.8. The average Bonchev–Trinajstić information content (AvgIpc) is 2.37. The highest BCUT2D eigenvalue weighted by Crippen LogP contribution is 2.17. The van der Waals surface area contributed by atoms with E-state index in [-0.39, 0.29) is 25.5 Å². The van der Waals surface area contributed by atoms with Gasteiger partial charge in [0.05, 0.1) is 19.6 Å². The summed E-state index contributed by atoms with van der Waals surface area (Å²) in [6, 6.07) is 6.78. The summed E-state index contributed by atoms with van der Waals surface area (Å²) in [5, 5.41) is 9.22. The maximum Gasteiger partial charge on any atom is 0.323 e. The average molecular weight is 296 g/mol. The number of terminal acetylenes is 1. The number of nitrogens with zero attached hydrogens (tertiary/aromatic N) is 1. The number of carboxylic acid groups (broad SMARTS) is 1. The molecule has 5 nitrogen and oxygen atoms in total. The zero-order valence-corrected chi connectivity index (χ0v) is 11.5. The van der Waals surface area contributed by atoms with Crippen molar-refractivity contribution in [1.82, 2.24) is 4.90 Å². The van der Waals surface area contributed by atoms with E-state index in [2.05, 4.69) is 5.92 Å². The van der Waals surface area contributed by atoms with Gasteiger partial charge in [-0.05, 0) is 18.2 Å². The van der Waals surface area contributed by atoms with Crippen LogP contribution in [-0.2, 0) is 9.59 Å². The van der Waals surface area contributed by atoms with Crippen LogP contribution in [0.1, 0.15) is 6.42 Å². The number of carbonyl (C=O) groups excluding carboxylic acids is 1. The first-order chi connectivity index (χ1) is 9.52. The molecule has 0 aromatic heterocycles. The van der Waals surface area contributed by atoms with Gasteiger partial charge in [0.15, 0.2) is 0 Å². The van der Waals surface area contributed by atoms with Crippen molar-refractivity contribution >= 4 is 23.5 Å². The number of aliphatic carboxylic acids is 1. The van der Waals surface area contributed by atoms with Crippen LogP contribution in [0.5, 0.6) is 5.75 Å². The Morgan fingerprint density at radius 2 is 2.20 bits per heavy atom. The van der Waals surface area contributed by atoms with Crippen LogP contribution in [0.4, 0.5) is 0 Å². The van der Waals surface area contributed by atoms with E-state index in [4.69, 9.17) is 27.9 Å². The molecule has 0 saturated carbocycles.